The molecular formula is C12H15NO2. The molecule has 0 heterocycles. The monoisotopic (exact) mass is 205 g/mol. The van der Waals surface area contributed by atoms with Gasteiger partial charge in [-0.2, -0.15) is 0 Å². The lowest BCUT2D eigenvalue weighted by molar-refractivity contribution is 0.0889. The van der Waals surface area contributed by atoms with E-state index in [0.717, 1.165) is 0 Å². The Morgan fingerprint density at radius 2 is 2.13 bits per heavy atom. The van der Waals surface area contributed by atoms with Gasteiger partial charge in [-0.1, -0.05) is 24.3 Å². The maximum absolute atomic E-state index is 11.7. The van der Waals surface area contributed by atoms with E-state index in [1.807, 2.05) is 6.07 Å². The number of benzene rings is 1. The van der Waals surface area contributed by atoms with Crippen molar-refractivity contribution in [3.63, 3.8) is 0 Å². The summed E-state index contributed by atoms with van der Waals surface area (Å²) in [6.45, 7) is 5.11. The van der Waals surface area contributed by atoms with Gasteiger partial charge < -0.3 is 10.4 Å². The van der Waals surface area contributed by atoms with E-state index < -0.39 is 5.54 Å². The van der Waals surface area contributed by atoms with Gasteiger partial charge >= 0.3 is 0 Å². The van der Waals surface area contributed by atoms with Crippen LogP contribution < -0.4 is 5.32 Å². The predicted molar refractivity (Wildman–Crippen MR) is 59.6 cm³/mol. The SMILES string of the molecule is C=C[C@](C)(CO)NC(=O)c1ccccc1. The highest BCUT2D eigenvalue weighted by Gasteiger charge is 2.21. The Balaban J connectivity index is 2.76. The van der Waals surface area contributed by atoms with Gasteiger partial charge in [0.15, 0.2) is 0 Å². The molecule has 1 aromatic carbocycles. The summed E-state index contributed by atoms with van der Waals surface area (Å²) in [6.07, 6.45) is 1.52. The lowest BCUT2D eigenvalue weighted by atomic mass is 10.0. The molecule has 2 N–H and O–H groups in total. The molecule has 80 valence electrons. The highest BCUT2D eigenvalue weighted by molar-refractivity contribution is 5.94. The third-order valence-electron chi connectivity index (χ3n) is 2.21. The van der Waals surface area contributed by atoms with Gasteiger partial charge in [-0.15, -0.1) is 6.58 Å². The van der Waals surface area contributed by atoms with E-state index in [4.69, 9.17) is 5.11 Å². The normalized spacial score (nSPS) is 14.0. The second-order valence-electron chi connectivity index (χ2n) is 3.60. The molecule has 15 heavy (non-hydrogen) atoms. The number of hydrogen-bond acceptors (Lipinski definition) is 2. The topological polar surface area (TPSA) is 49.3 Å². The molecule has 0 fully saturated rings. The summed E-state index contributed by atoms with van der Waals surface area (Å²) in [5.41, 5.74) is -0.202. The zero-order chi connectivity index (χ0) is 11.3. The number of carbonyl (C=O) groups is 1. The van der Waals surface area contributed by atoms with Crippen LogP contribution in [0.2, 0.25) is 0 Å². The molecule has 0 aliphatic heterocycles. The molecule has 1 amide bonds. The van der Waals surface area contributed by atoms with Crippen LogP contribution in [0.3, 0.4) is 0 Å². The summed E-state index contributed by atoms with van der Waals surface area (Å²) in [5.74, 6) is -0.216. The molecule has 0 aromatic heterocycles. The minimum absolute atomic E-state index is 0.172. The fraction of sp³-hybridized carbons (Fsp3) is 0.250. The third-order valence-corrected chi connectivity index (χ3v) is 2.21. The van der Waals surface area contributed by atoms with Gasteiger partial charge in [-0.05, 0) is 19.1 Å². The number of amides is 1. The minimum atomic E-state index is -0.771. The van der Waals surface area contributed by atoms with Crippen LogP contribution in [0.15, 0.2) is 43.0 Å². The molecule has 0 spiro atoms. The van der Waals surface area contributed by atoms with E-state index in [-0.39, 0.29) is 12.5 Å². The predicted octanol–water partition coefficient (Wildman–Crippen LogP) is 1.35. The maximum atomic E-state index is 11.7. The van der Waals surface area contributed by atoms with E-state index in [2.05, 4.69) is 11.9 Å². The first-order valence-corrected chi connectivity index (χ1v) is 4.73. The lowest BCUT2D eigenvalue weighted by Gasteiger charge is -2.24. The van der Waals surface area contributed by atoms with Gasteiger partial charge in [0, 0.05) is 5.56 Å². The van der Waals surface area contributed by atoms with Crippen molar-refractivity contribution >= 4 is 5.91 Å². The standard InChI is InChI=1S/C12H15NO2/c1-3-12(2,9-14)13-11(15)10-7-5-4-6-8-10/h3-8,14H,1,9H2,2H3,(H,13,15)/t12-/m1/s1. The van der Waals surface area contributed by atoms with E-state index >= 15 is 0 Å². The van der Waals surface area contributed by atoms with Crippen LogP contribution in [-0.4, -0.2) is 23.2 Å². The minimum Gasteiger partial charge on any atom is -0.394 e. The summed E-state index contributed by atoms with van der Waals surface area (Å²) in [4.78, 5) is 11.7. The summed E-state index contributed by atoms with van der Waals surface area (Å²) in [5, 5.41) is 11.8. The molecule has 3 nitrogen and oxygen atoms in total. The van der Waals surface area contributed by atoms with Crippen LogP contribution in [0.25, 0.3) is 0 Å². The van der Waals surface area contributed by atoms with Gasteiger partial charge in [0.05, 0.1) is 12.1 Å². The van der Waals surface area contributed by atoms with Crippen LogP contribution in [-0.2, 0) is 0 Å². The van der Waals surface area contributed by atoms with E-state index in [1.54, 1.807) is 31.2 Å². The Hall–Kier alpha value is -1.61. The van der Waals surface area contributed by atoms with Crippen LogP contribution in [0.5, 0.6) is 0 Å². The number of rotatable bonds is 4. The van der Waals surface area contributed by atoms with Crippen LogP contribution in [0, 0.1) is 0 Å². The van der Waals surface area contributed by atoms with Crippen molar-refractivity contribution in [2.45, 2.75) is 12.5 Å². The number of nitrogens with one attached hydrogen (secondary N) is 1. The highest BCUT2D eigenvalue weighted by Crippen LogP contribution is 2.06. The molecule has 0 saturated heterocycles. The molecule has 0 aliphatic carbocycles. The molecular weight excluding hydrogens is 190 g/mol. The van der Waals surface area contributed by atoms with Crippen molar-refractivity contribution < 1.29 is 9.90 Å². The summed E-state index contributed by atoms with van der Waals surface area (Å²) < 4.78 is 0. The summed E-state index contributed by atoms with van der Waals surface area (Å²) in [7, 11) is 0. The Bertz CT molecular complexity index is 348. The second kappa shape index (κ2) is 4.75. The fourth-order valence-electron chi connectivity index (χ4n) is 1.08. The smallest absolute Gasteiger partial charge is 0.252 e. The van der Waals surface area contributed by atoms with Crippen molar-refractivity contribution in [1.29, 1.82) is 0 Å². The average molecular weight is 205 g/mol. The first kappa shape index (κ1) is 11.5. The van der Waals surface area contributed by atoms with Crippen LogP contribution in [0.4, 0.5) is 0 Å². The van der Waals surface area contributed by atoms with Crippen molar-refractivity contribution in [3.8, 4) is 0 Å². The maximum Gasteiger partial charge on any atom is 0.252 e. The molecule has 0 saturated carbocycles. The Morgan fingerprint density at radius 3 is 2.60 bits per heavy atom. The van der Waals surface area contributed by atoms with E-state index in [9.17, 15) is 4.79 Å². The Kier molecular flexibility index (Phi) is 3.63. The number of carbonyl (C=O) groups excluding carboxylic acids is 1. The number of aliphatic hydroxyl groups excluding tert-OH is 1. The van der Waals surface area contributed by atoms with Crippen molar-refractivity contribution in [3.05, 3.63) is 48.6 Å². The largest absolute Gasteiger partial charge is 0.394 e. The molecule has 1 atom stereocenters. The van der Waals surface area contributed by atoms with E-state index in [1.165, 1.54) is 6.08 Å². The molecule has 1 rings (SSSR count). The zero-order valence-corrected chi connectivity index (χ0v) is 8.73. The second-order valence-corrected chi connectivity index (χ2v) is 3.60. The molecule has 0 aliphatic rings. The van der Waals surface area contributed by atoms with Crippen molar-refractivity contribution in [2.75, 3.05) is 6.61 Å². The fourth-order valence-corrected chi connectivity index (χ4v) is 1.08. The molecule has 0 unspecified atom stereocenters. The van der Waals surface area contributed by atoms with Gasteiger partial charge in [-0.3, -0.25) is 4.79 Å². The lowest BCUT2D eigenvalue weighted by Crippen LogP contribution is -2.47. The summed E-state index contributed by atoms with van der Waals surface area (Å²) >= 11 is 0. The average Bonchev–Trinajstić information content (AvgIpc) is 2.30. The van der Waals surface area contributed by atoms with Gasteiger partial charge in [0.25, 0.3) is 5.91 Å². The van der Waals surface area contributed by atoms with E-state index in [0.29, 0.717) is 5.56 Å². The molecule has 3 heteroatoms. The Labute approximate surface area is 89.4 Å². The first-order chi connectivity index (χ1) is 7.11. The highest BCUT2D eigenvalue weighted by atomic mass is 16.3. The van der Waals surface area contributed by atoms with Crippen LogP contribution in [0.1, 0.15) is 17.3 Å². The third kappa shape index (κ3) is 2.92. The van der Waals surface area contributed by atoms with Gasteiger partial charge in [-0.25, -0.2) is 0 Å². The van der Waals surface area contributed by atoms with Crippen molar-refractivity contribution in [2.24, 2.45) is 0 Å². The molecule has 1 aromatic rings. The zero-order valence-electron chi connectivity index (χ0n) is 8.73. The number of hydrogen-bond donors (Lipinski definition) is 2. The van der Waals surface area contributed by atoms with Gasteiger partial charge in [0.1, 0.15) is 0 Å². The van der Waals surface area contributed by atoms with Gasteiger partial charge in [0.2, 0.25) is 0 Å². The Morgan fingerprint density at radius 1 is 1.53 bits per heavy atom. The number of aliphatic hydroxyl groups is 1. The quantitative estimate of drug-likeness (QED) is 0.729. The van der Waals surface area contributed by atoms with Crippen LogP contribution >= 0.6 is 0 Å². The molecule has 0 radical (unpaired) electrons. The first-order valence-electron chi connectivity index (χ1n) is 4.73. The van der Waals surface area contributed by atoms with Crippen molar-refractivity contribution in [1.82, 2.24) is 5.32 Å². The summed E-state index contributed by atoms with van der Waals surface area (Å²) in [6, 6.07) is 8.86. The molecule has 0 bridgehead atoms.